The first-order chi connectivity index (χ1) is 13.6. The summed E-state index contributed by atoms with van der Waals surface area (Å²) < 4.78 is 11.3. The zero-order valence-electron chi connectivity index (χ0n) is 17.6. The van der Waals surface area contributed by atoms with Crippen LogP contribution in [0.25, 0.3) is 0 Å². The number of rotatable bonds is 5. The van der Waals surface area contributed by atoms with E-state index in [4.69, 9.17) is 9.26 Å². The summed E-state index contributed by atoms with van der Waals surface area (Å²) in [5.41, 5.74) is 1.35. The van der Waals surface area contributed by atoms with Gasteiger partial charge in [0.05, 0.1) is 11.8 Å². The number of ether oxygens (including phenoxy) is 1. The Kier molecular flexibility index (Phi) is 5.92. The van der Waals surface area contributed by atoms with Crippen molar-refractivity contribution in [1.29, 1.82) is 0 Å². The molecule has 28 heavy (non-hydrogen) atoms. The first-order valence-electron chi connectivity index (χ1n) is 10.9. The van der Waals surface area contributed by atoms with Crippen molar-refractivity contribution < 1.29 is 9.26 Å². The molecule has 2 aliphatic carbocycles. The zero-order valence-corrected chi connectivity index (χ0v) is 17.6. The summed E-state index contributed by atoms with van der Waals surface area (Å²) >= 11 is 0. The molecule has 0 bridgehead atoms. The molecule has 1 spiro atoms. The smallest absolute Gasteiger partial charge is 0.193 e. The Morgan fingerprint density at radius 3 is 2.68 bits per heavy atom. The van der Waals surface area contributed by atoms with Crippen LogP contribution >= 0.6 is 0 Å². The van der Waals surface area contributed by atoms with E-state index in [0.717, 1.165) is 63.2 Å². The van der Waals surface area contributed by atoms with Crippen LogP contribution < -0.4 is 5.32 Å². The number of nitrogens with one attached hydrogen (secondary N) is 1. The summed E-state index contributed by atoms with van der Waals surface area (Å²) in [6.07, 6.45) is 6.78. The van der Waals surface area contributed by atoms with Crippen LogP contribution in [0.5, 0.6) is 0 Å². The van der Waals surface area contributed by atoms with Crippen molar-refractivity contribution in [2.45, 2.75) is 64.6 Å². The van der Waals surface area contributed by atoms with E-state index in [1.807, 2.05) is 20.0 Å². The van der Waals surface area contributed by atoms with Gasteiger partial charge in [-0.05, 0) is 33.1 Å². The van der Waals surface area contributed by atoms with Crippen molar-refractivity contribution in [2.24, 2.45) is 10.4 Å². The van der Waals surface area contributed by atoms with Gasteiger partial charge in [-0.3, -0.25) is 9.89 Å². The van der Waals surface area contributed by atoms with Gasteiger partial charge in [0.15, 0.2) is 5.96 Å². The first kappa shape index (κ1) is 19.7. The van der Waals surface area contributed by atoms with Gasteiger partial charge < -0.3 is 19.5 Å². The minimum absolute atomic E-state index is 0.332. The monoisotopic (exact) mass is 389 g/mol. The summed E-state index contributed by atoms with van der Waals surface area (Å²) in [5, 5.41) is 7.93. The van der Waals surface area contributed by atoms with Gasteiger partial charge in [0.1, 0.15) is 5.76 Å². The van der Waals surface area contributed by atoms with Gasteiger partial charge in [-0.15, -0.1) is 0 Å². The maximum Gasteiger partial charge on any atom is 0.193 e. The number of hydrogen-bond acceptors (Lipinski definition) is 5. The van der Waals surface area contributed by atoms with Crippen LogP contribution in [0.3, 0.4) is 0 Å². The van der Waals surface area contributed by atoms with Crippen LogP contribution in [0.15, 0.2) is 15.6 Å². The van der Waals surface area contributed by atoms with E-state index < -0.39 is 0 Å². The van der Waals surface area contributed by atoms with Crippen molar-refractivity contribution in [3.63, 3.8) is 0 Å². The molecule has 2 unspecified atom stereocenters. The van der Waals surface area contributed by atoms with E-state index in [9.17, 15) is 0 Å². The molecule has 7 heteroatoms. The summed E-state index contributed by atoms with van der Waals surface area (Å²) in [4.78, 5) is 9.46. The minimum atomic E-state index is 0.332. The van der Waals surface area contributed by atoms with E-state index in [0.29, 0.717) is 17.6 Å². The molecule has 7 nitrogen and oxygen atoms in total. The van der Waals surface area contributed by atoms with Gasteiger partial charge in [-0.1, -0.05) is 18.0 Å². The van der Waals surface area contributed by atoms with Crippen molar-refractivity contribution in [3.8, 4) is 0 Å². The minimum Gasteiger partial charge on any atom is -0.378 e. The summed E-state index contributed by atoms with van der Waals surface area (Å²) in [6.45, 7) is 9.75. The third-order valence-corrected chi connectivity index (χ3v) is 6.94. The topological polar surface area (TPSA) is 66.1 Å². The molecule has 2 saturated carbocycles. The third-order valence-electron chi connectivity index (χ3n) is 6.94. The van der Waals surface area contributed by atoms with Crippen molar-refractivity contribution in [3.05, 3.63) is 17.5 Å². The molecule has 2 heterocycles. The molecular weight excluding hydrogens is 354 g/mol. The fourth-order valence-corrected chi connectivity index (χ4v) is 5.38. The number of guanidine groups is 1. The number of aliphatic imine (C=N–C) groups is 1. The summed E-state index contributed by atoms with van der Waals surface area (Å²) in [7, 11) is 1.91. The molecule has 1 aliphatic heterocycles. The second kappa shape index (κ2) is 8.41. The molecule has 1 aromatic rings. The molecule has 0 amide bonds. The Bertz CT molecular complexity index is 674. The second-order valence-electron chi connectivity index (χ2n) is 8.56. The number of aryl methyl sites for hydroxylation is 1. The number of aromatic nitrogens is 1. The molecule has 3 fully saturated rings. The predicted octanol–water partition coefficient (Wildman–Crippen LogP) is 2.41. The Morgan fingerprint density at radius 2 is 2.07 bits per heavy atom. The summed E-state index contributed by atoms with van der Waals surface area (Å²) in [5.74, 6) is 1.94. The lowest BCUT2D eigenvalue weighted by Crippen LogP contribution is -2.66. The van der Waals surface area contributed by atoms with Gasteiger partial charge in [0.2, 0.25) is 0 Å². The standard InChI is InChI=1S/C21H35N5O2/c1-4-27-19-14-18(21(19)7-5-6-8-21)23-20(22-3)26-11-9-25(10-12-26)15-17-13-16(2)28-24-17/h13,18-19H,4-12,14-15H2,1-3H3,(H,22,23). The molecular formula is C21H35N5O2. The lowest BCUT2D eigenvalue weighted by molar-refractivity contribution is -0.126. The highest BCUT2D eigenvalue weighted by Gasteiger charge is 2.57. The largest absolute Gasteiger partial charge is 0.378 e. The maximum absolute atomic E-state index is 6.07. The lowest BCUT2D eigenvalue weighted by atomic mass is 9.60. The quantitative estimate of drug-likeness (QED) is 0.616. The van der Waals surface area contributed by atoms with E-state index in [-0.39, 0.29) is 0 Å². The molecule has 0 radical (unpaired) electrons. The number of nitrogens with zero attached hydrogens (tertiary/aromatic N) is 4. The first-order valence-corrected chi connectivity index (χ1v) is 10.9. The molecule has 4 rings (SSSR count). The Labute approximate surface area is 168 Å². The van der Waals surface area contributed by atoms with E-state index >= 15 is 0 Å². The molecule has 0 aromatic carbocycles. The molecule has 1 N–H and O–H groups in total. The van der Waals surface area contributed by atoms with Crippen LogP contribution in [0.4, 0.5) is 0 Å². The van der Waals surface area contributed by atoms with Crippen molar-refractivity contribution in [1.82, 2.24) is 20.3 Å². The molecule has 156 valence electrons. The highest BCUT2D eigenvalue weighted by atomic mass is 16.5. The molecule has 3 aliphatic rings. The third kappa shape index (κ3) is 3.79. The normalized spacial score (nSPS) is 28.0. The van der Waals surface area contributed by atoms with Crippen LogP contribution in [0, 0.1) is 12.3 Å². The second-order valence-corrected chi connectivity index (χ2v) is 8.56. The predicted molar refractivity (Wildman–Crippen MR) is 109 cm³/mol. The zero-order chi connectivity index (χ0) is 19.6. The van der Waals surface area contributed by atoms with Gasteiger partial charge in [0, 0.05) is 63.9 Å². The number of hydrogen-bond donors (Lipinski definition) is 1. The van der Waals surface area contributed by atoms with Crippen LogP contribution in [0.2, 0.25) is 0 Å². The Balaban J connectivity index is 1.30. The van der Waals surface area contributed by atoms with Crippen molar-refractivity contribution >= 4 is 5.96 Å². The molecule has 2 atom stereocenters. The average Bonchev–Trinajstić information content (AvgIpc) is 3.36. The number of piperazine rings is 1. The SMILES string of the molecule is CCOC1CC(NC(=NC)N2CCN(Cc3cc(C)on3)CC2)C12CCCC2. The Hall–Kier alpha value is -1.60. The van der Waals surface area contributed by atoms with Gasteiger partial charge >= 0.3 is 0 Å². The Morgan fingerprint density at radius 1 is 1.32 bits per heavy atom. The van der Waals surface area contributed by atoms with Crippen LogP contribution in [-0.2, 0) is 11.3 Å². The lowest BCUT2D eigenvalue weighted by Gasteiger charge is -2.55. The fraction of sp³-hybridized carbons (Fsp3) is 0.810. The van der Waals surface area contributed by atoms with Crippen LogP contribution in [-0.4, -0.2) is 72.9 Å². The molecule has 1 aromatic heterocycles. The van der Waals surface area contributed by atoms with E-state index in [1.165, 1.54) is 25.7 Å². The summed E-state index contributed by atoms with van der Waals surface area (Å²) in [6, 6.07) is 2.53. The average molecular weight is 390 g/mol. The van der Waals surface area contributed by atoms with Crippen LogP contribution in [0.1, 0.15) is 50.5 Å². The van der Waals surface area contributed by atoms with Gasteiger partial charge in [0.25, 0.3) is 0 Å². The highest BCUT2D eigenvalue weighted by molar-refractivity contribution is 5.80. The molecule has 1 saturated heterocycles. The highest BCUT2D eigenvalue weighted by Crippen LogP contribution is 2.54. The fourth-order valence-electron chi connectivity index (χ4n) is 5.38. The van der Waals surface area contributed by atoms with Gasteiger partial charge in [-0.25, -0.2) is 0 Å². The van der Waals surface area contributed by atoms with E-state index in [2.05, 4.69) is 32.2 Å². The van der Waals surface area contributed by atoms with E-state index in [1.54, 1.807) is 0 Å². The van der Waals surface area contributed by atoms with Crippen molar-refractivity contribution in [2.75, 3.05) is 39.8 Å². The van der Waals surface area contributed by atoms with Gasteiger partial charge in [-0.2, -0.15) is 0 Å². The maximum atomic E-state index is 6.07.